The number of rotatable bonds is 4. The average Bonchev–Trinajstić information content (AvgIpc) is 2.48. The molecule has 0 fully saturated rings. The van der Waals surface area contributed by atoms with Gasteiger partial charge in [0.2, 0.25) is 10.0 Å². The Labute approximate surface area is 140 Å². The van der Waals surface area contributed by atoms with Gasteiger partial charge in [0.05, 0.1) is 10.5 Å². The van der Waals surface area contributed by atoms with Crippen molar-refractivity contribution in [2.75, 3.05) is 7.05 Å². The lowest BCUT2D eigenvalue weighted by Crippen LogP contribution is -2.26. The topological polar surface area (TPSA) is 37.4 Å². The number of alkyl halides is 3. The molecule has 0 N–H and O–H groups in total. The minimum atomic E-state index is -4.49. The van der Waals surface area contributed by atoms with E-state index in [-0.39, 0.29) is 11.4 Å². The molecule has 0 radical (unpaired) electrons. The lowest BCUT2D eigenvalue weighted by Gasteiger charge is -2.18. The van der Waals surface area contributed by atoms with Crippen LogP contribution in [0, 0.1) is 0 Å². The molecule has 0 aromatic heterocycles. The van der Waals surface area contributed by atoms with E-state index >= 15 is 0 Å². The van der Waals surface area contributed by atoms with E-state index in [1.54, 1.807) is 24.3 Å². The third-order valence-corrected chi connectivity index (χ3v) is 5.55. The molecule has 2 aromatic carbocycles. The molecule has 0 aliphatic rings. The van der Waals surface area contributed by atoms with Crippen LogP contribution < -0.4 is 0 Å². The van der Waals surface area contributed by atoms with Gasteiger partial charge in [0.1, 0.15) is 0 Å². The van der Waals surface area contributed by atoms with Crippen LogP contribution in [0.4, 0.5) is 13.2 Å². The quantitative estimate of drug-likeness (QED) is 0.757. The van der Waals surface area contributed by atoms with Crippen molar-refractivity contribution in [1.29, 1.82) is 0 Å². The first-order valence-corrected chi connectivity index (χ1v) is 8.72. The van der Waals surface area contributed by atoms with Gasteiger partial charge in [-0.3, -0.25) is 0 Å². The van der Waals surface area contributed by atoms with Crippen molar-refractivity contribution in [3.63, 3.8) is 0 Å². The van der Waals surface area contributed by atoms with Crippen molar-refractivity contribution in [2.24, 2.45) is 0 Å². The molecule has 0 saturated carbocycles. The van der Waals surface area contributed by atoms with Crippen molar-refractivity contribution in [2.45, 2.75) is 17.6 Å². The second-order valence-corrected chi connectivity index (χ2v) is 7.87. The number of hydrogen-bond donors (Lipinski definition) is 0. The third kappa shape index (κ3) is 4.33. The Morgan fingerprint density at radius 3 is 2.00 bits per heavy atom. The highest BCUT2D eigenvalue weighted by Crippen LogP contribution is 2.30. The molecular weight excluding hydrogens is 395 g/mol. The van der Waals surface area contributed by atoms with Crippen LogP contribution in [0.15, 0.2) is 57.9 Å². The van der Waals surface area contributed by atoms with Gasteiger partial charge < -0.3 is 0 Å². The number of hydrogen-bond acceptors (Lipinski definition) is 2. The van der Waals surface area contributed by atoms with Crippen LogP contribution in [-0.4, -0.2) is 19.8 Å². The molecule has 2 rings (SSSR count). The Morgan fingerprint density at radius 2 is 1.52 bits per heavy atom. The minimum absolute atomic E-state index is 0.122. The first kappa shape index (κ1) is 18.0. The number of benzene rings is 2. The zero-order valence-corrected chi connectivity index (χ0v) is 14.4. The Kier molecular flexibility index (Phi) is 5.17. The largest absolute Gasteiger partial charge is 0.416 e. The molecule has 0 amide bonds. The number of halogens is 4. The highest BCUT2D eigenvalue weighted by molar-refractivity contribution is 9.10. The summed E-state index contributed by atoms with van der Waals surface area (Å²) in [6, 6.07) is 10.6. The van der Waals surface area contributed by atoms with Crippen molar-refractivity contribution in [3.05, 3.63) is 64.1 Å². The van der Waals surface area contributed by atoms with E-state index < -0.39 is 21.8 Å². The molecule has 0 spiro atoms. The smallest absolute Gasteiger partial charge is 0.207 e. The van der Waals surface area contributed by atoms with Crippen LogP contribution in [-0.2, 0) is 22.7 Å². The number of nitrogens with zero attached hydrogens (tertiary/aromatic N) is 1. The van der Waals surface area contributed by atoms with Gasteiger partial charge in [-0.25, -0.2) is 8.42 Å². The summed E-state index contributed by atoms with van der Waals surface area (Å²) in [6.45, 7) is 0.122. The summed E-state index contributed by atoms with van der Waals surface area (Å²) in [5.74, 6) is 0. The Hall–Kier alpha value is -1.38. The summed E-state index contributed by atoms with van der Waals surface area (Å²) in [7, 11) is -2.47. The molecule has 23 heavy (non-hydrogen) atoms. The first-order valence-electron chi connectivity index (χ1n) is 6.49. The van der Waals surface area contributed by atoms with Gasteiger partial charge in [-0.2, -0.15) is 17.5 Å². The van der Waals surface area contributed by atoms with Gasteiger partial charge in [0.25, 0.3) is 0 Å². The summed E-state index contributed by atoms with van der Waals surface area (Å²) >= 11 is 3.29. The molecule has 0 bridgehead atoms. The predicted molar refractivity (Wildman–Crippen MR) is 84.2 cm³/mol. The van der Waals surface area contributed by atoms with E-state index in [2.05, 4.69) is 15.9 Å². The lowest BCUT2D eigenvalue weighted by atomic mass is 10.2. The molecular formula is C15H13BrF3NO2S. The average molecular weight is 408 g/mol. The molecule has 0 aliphatic heterocycles. The maximum Gasteiger partial charge on any atom is 0.416 e. The zero-order valence-electron chi connectivity index (χ0n) is 12.0. The molecule has 0 aliphatic carbocycles. The van der Waals surface area contributed by atoms with Crippen LogP contribution in [0.2, 0.25) is 0 Å². The Balaban J connectivity index is 2.21. The van der Waals surface area contributed by atoms with Crippen molar-refractivity contribution >= 4 is 26.0 Å². The van der Waals surface area contributed by atoms with E-state index in [9.17, 15) is 21.6 Å². The fourth-order valence-corrected chi connectivity index (χ4v) is 3.35. The second kappa shape index (κ2) is 6.62. The van der Waals surface area contributed by atoms with E-state index in [1.807, 2.05) is 0 Å². The second-order valence-electron chi connectivity index (χ2n) is 4.91. The maximum atomic E-state index is 12.5. The van der Waals surface area contributed by atoms with Crippen LogP contribution in [0.5, 0.6) is 0 Å². The summed E-state index contributed by atoms with van der Waals surface area (Å²) in [4.78, 5) is -0.176. The highest BCUT2D eigenvalue weighted by atomic mass is 79.9. The van der Waals surface area contributed by atoms with Crippen LogP contribution >= 0.6 is 15.9 Å². The molecule has 0 atom stereocenters. The van der Waals surface area contributed by atoms with E-state index in [4.69, 9.17) is 0 Å². The van der Waals surface area contributed by atoms with E-state index in [0.29, 0.717) is 0 Å². The van der Waals surface area contributed by atoms with Gasteiger partial charge in [-0.15, -0.1) is 0 Å². The van der Waals surface area contributed by atoms with Gasteiger partial charge in [-0.05, 0) is 42.0 Å². The summed E-state index contributed by atoms with van der Waals surface area (Å²) in [6.07, 6.45) is -4.49. The van der Waals surface area contributed by atoms with Gasteiger partial charge in [0.15, 0.2) is 0 Å². The van der Waals surface area contributed by atoms with Crippen molar-refractivity contribution in [3.8, 4) is 0 Å². The Bertz CT molecular complexity index is 772. The maximum absolute atomic E-state index is 12.5. The van der Waals surface area contributed by atoms with Crippen LogP contribution in [0.1, 0.15) is 11.1 Å². The summed E-state index contributed by atoms with van der Waals surface area (Å²) in [5.41, 5.74) is -0.113. The number of sulfonamides is 1. The van der Waals surface area contributed by atoms with Crippen LogP contribution in [0.3, 0.4) is 0 Å². The van der Waals surface area contributed by atoms with Gasteiger partial charge in [-0.1, -0.05) is 28.1 Å². The first-order chi connectivity index (χ1) is 10.6. The third-order valence-electron chi connectivity index (χ3n) is 3.21. The summed E-state index contributed by atoms with van der Waals surface area (Å²) in [5, 5.41) is 0. The minimum Gasteiger partial charge on any atom is -0.207 e. The van der Waals surface area contributed by atoms with Crippen LogP contribution in [0.25, 0.3) is 0 Å². The van der Waals surface area contributed by atoms with Crippen molar-refractivity contribution < 1.29 is 21.6 Å². The fraction of sp³-hybridized carbons (Fsp3) is 0.200. The zero-order chi connectivity index (χ0) is 17.3. The molecule has 0 heterocycles. The van der Waals surface area contributed by atoms with Gasteiger partial charge in [0, 0.05) is 18.1 Å². The van der Waals surface area contributed by atoms with E-state index in [0.717, 1.165) is 38.6 Å². The SMILES string of the molecule is CN(Cc1ccc(Br)cc1)S(=O)(=O)c1ccc(C(F)(F)F)cc1. The molecule has 2 aromatic rings. The Morgan fingerprint density at radius 1 is 1.00 bits per heavy atom. The fourth-order valence-electron chi connectivity index (χ4n) is 1.93. The molecule has 0 saturated heterocycles. The predicted octanol–water partition coefficient (Wildman–Crippen LogP) is 4.29. The molecule has 0 unspecified atom stereocenters. The lowest BCUT2D eigenvalue weighted by molar-refractivity contribution is -0.137. The van der Waals surface area contributed by atoms with Gasteiger partial charge >= 0.3 is 6.18 Å². The molecule has 124 valence electrons. The molecule has 8 heteroatoms. The standard InChI is InChI=1S/C15H13BrF3NO2S/c1-20(10-11-2-6-13(16)7-3-11)23(21,22)14-8-4-12(5-9-14)15(17,18)19/h2-9H,10H2,1H3. The summed E-state index contributed by atoms with van der Waals surface area (Å²) < 4.78 is 64.4. The highest BCUT2D eigenvalue weighted by Gasteiger charge is 2.31. The van der Waals surface area contributed by atoms with Crippen molar-refractivity contribution in [1.82, 2.24) is 4.31 Å². The van der Waals surface area contributed by atoms with E-state index in [1.165, 1.54) is 7.05 Å². The molecule has 3 nitrogen and oxygen atoms in total. The normalized spacial score (nSPS) is 12.6. The monoisotopic (exact) mass is 407 g/mol.